The molecule has 5 heteroatoms. The topological polar surface area (TPSA) is 66.6 Å². The van der Waals surface area contributed by atoms with Gasteiger partial charge in [0, 0.05) is 18.7 Å². The first-order valence-corrected chi connectivity index (χ1v) is 6.60. The second-order valence-electron chi connectivity index (χ2n) is 4.44. The molecule has 1 aromatic carbocycles. The number of nitrogens with zero attached hydrogens (tertiary/aromatic N) is 2. The molecule has 2 aromatic rings. The summed E-state index contributed by atoms with van der Waals surface area (Å²) in [6.45, 7) is 4.36. The van der Waals surface area contributed by atoms with Crippen LogP contribution in [0, 0.1) is 6.92 Å². The molecule has 0 spiro atoms. The fourth-order valence-electron chi connectivity index (χ4n) is 2.10. The van der Waals surface area contributed by atoms with Crippen molar-refractivity contribution in [3.63, 3.8) is 0 Å². The van der Waals surface area contributed by atoms with E-state index in [9.17, 15) is 4.79 Å². The SMILES string of the molecule is CCN(CCO)C(=O)c1c(-c2ccccc2)noc1C. The number of aliphatic hydroxyl groups is 1. The van der Waals surface area contributed by atoms with Crippen LogP contribution in [0.5, 0.6) is 0 Å². The summed E-state index contributed by atoms with van der Waals surface area (Å²) in [7, 11) is 0. The van der Waals surface area contributed by atoms with Crippen LogP contribution in [0.1, 0.15) is 23.0 Å². The van der Waals surface area contributed by atoms with Crippen molar-refractivity contribution >= 4 is 5.91 Å². The van der Waals surface area contributed by atoms with Gasteiger partial charge in [-0.05, 0) is 13.8 Å². The summed E-state index contributed by atoms with van der Waals surface area (Å²) >= 11 is 0. The summed E-state index contributed by atoms with van der Waals surface area (Å²) in [4.78, 5) is 14.1. The Kier molecular flexibility index (Phi) is 4.53. The molecule has 0 saturated heterocycles. The largest absolute Gasteiger partial charge is 0.395 e. The molecule has 0 bridgehead atoms. The molecule has 1 aromatic heterocycles. The van der Waals surface area contributed by atoms with Crippen LogP contribution in [0.25, 0.3) is 11.3 Å². The molecule has 5 nitrogen and oxygen atoms in total. The number of benzene rings is 1. The van der Waals surface area contributed by atoms with E-state index >= 15 is 0 Å². The Bertz CT molecular complexity index is 578. The van der Waals surface area contributed by atoms with Gasteiger partial charge in [0.2, 0.25) is 0 Å². The van der Waals surface area contributed by atoms with Gasteiger partial charge in [0.1, 0.15) is 17.0 Å². The average molecular weight is 274 g/mol. The standard InChI is InChI=1S/C15H18N2O3/c1-3-17(9-10-18)15(19)13-11(2)20-16-14(13)12-7-5-4-6-8-12/h4-8,18H,3,9-10H2,1-2H3. The summed E-state index contributed by atoms with van der Waals surface area (Å²) in [5.74, 6) is 0.324. The van der Waals surface area contributed by atoms with E-state index in [1.165, 1.54) is 0 Å². The molecule has 0 aliphatic rings. The van der Waals surface area contributed by atoms with Crippen LogP contribution >= 0.6 is 0 Å². The van der Waals surface area contributed by atoms with Crippen LogP contribution in [-0.4, -0.2) is 40.8 Å². The molecule has 2 rings (SSSR count). The first-order valence-electron chi connectivity index (χ1n) is 6.60. The van der Waals surface area contributed by atoms with Gasteiger partial charge in [0.05, 0.1) is 6.61 Å². The zero-order chi connectivity index (χ0) is 14.5. The Morgan fingerprint density at radius 1 is 1.35 bits per heavy atom. The van der Waals surface area contributed by atoms with Gasteiger partial charge in [-0.25, -0.2) is 0 Å². The van der Waals surface area contributed by atoms with Crippen molar-refractivity contribution < 1.29 is 14.4 Å². The molecular formula is C15H18N2O3. The number of aliphatic hydroxyl groups excluding tert-OH is 1. The summed E-state index contributed by atoms with van der Waals surface area (Å²) in [5, 5.41) is 13.0. The Balaban J connectivity index is 2.42. The zero-order valence-corrected chi connectivity index (χ0v) is 11.7. The smallest absolute Gasteiger partial charge is 0.259 e. The summed E-state index contributed by atoms with van der Waals surface area (Å²) < 4.78 is 5.18. The Labute approximate surface area is 117 Å². The van der Waals surface area contributed by atoms with Crippen molar-refractivity contribution in [2.75, 3.05) is 19.7 Å². The molecule has 0 aliphatic carbocycles. The van der Waals surface area contributed by atoms with Gasteiger partial charge in [0.25, 0.3) is 5.91 Å². The predicted octanol–water partition coefficient (Wildman–Crippen LogP) is 2.10. The molecule has 1 amide bonds. The number of carbonyl (C=O) groups is 1. The molecule has 1 N–H and O–H groups in total. The van der Waals surface area contributed by atoms with Gasteiger partial charge in [-0.3, -0.25) is 4.79 Å². The van der Waals surface area contributed by atoms with Crippen LogP contribution in [-0.2, 0) is 0 Å². The van der Waals surface area contributed by atoms with Gasteiger partial charge in [0.15, 0.2) is 0 Å². The lowest BCUT2D eigenvalue weighted by Gasteiger charge is -2.19. The van der Waals surface area contributed by atoms with Crippen LogP contribution in [0.4, 0.5) is 0 Å². The Hall–Kier alpha value is -2.14. The number of hydrogen-bond acceptors (Lipinski definition) is 4. The molecule has 1 heterocycles. The molecule has 106 valence electrons. The van der Waals surface area contributed by atoms with E-state index in [0.29, 0.717) is 30.1 Å². The van der Waals surface area contributed by atoms with E-state index in [1.54, 1.807) is 11.8 Å². The highest BCUT2D eigenvalue weighted by atomic mass is 16.5. The van der Waals surface area contributed by atoms with Gasteiger partial charge in [-0.15, -0.1) is 0 Å². The van der Waals surface area contributed by atoms with Crippen molar-refractivity contribution in [1.29, 1.82) is 0 Å². The van der Waals surface area contributed by atoms with Gasteiger partial charge < -0.3 is 14.5 Å². The van der Waals surface area contributed by atoms with E-state index in [1.807, 2.05) is 37.3 Å². The lowest BCUT2D eigenvalue weighted by Crippen LogP contribution is -2.33. The highest BCUT2D eigenvalue weighted by Gasteiger charge is 2.24. The average Bonchev–Trinajstić information content (AvgIpc) is 2.86. The highest BCUT2D eigenvalue weighted by Crippen LogP contribution is 2.26. The van der Waals surface area contributed by atoms with Crippen molar-refractivity contribution in [2.45, 2.75) is 13.8 Å². The van der Waals surface area contributed by atoms with E-state index in [2.05, 4.69) is 5.16 Å². The highest BCUT2D eigenvalue weighted by molar-refractivity contribution is 6.00. The zero-order valence-electron chi connectivity index (χ0n) is 11.7. The van der Waals surface area contributed by atoms with Crippen molar-refractivity contribution in [1.82, 2.24) is 10.1 Å². The molecule has 0 atom stereocenters. The molecule has 0 unspecified atom stereocenters. The second kappa shape index (κ2) is 6.34. The molecule has 0 saturated carbocycles. The van der Waals surface area contributed by atoms with Crippen LogP contribution in [0.15, 0.2) is 34.9 Å². The lowest BCUT2D eigenvalue weighted by molar-refractivity contribution is 0.0731. The van der Waals surface area contributed by atoms with E-state index in [-0.39, 0.29) is 12.5 Å². The normalized spacial score (nSPS) is 10.6. The quantitative estimate of drug-likeness (QED) is 0.906. The van der Waals surface area contributed by atoms with Crippen molar-refractivity contribution in [3.05, 3.63) is 41.7 Å². The molecular weight excluding hydrogens is 256 g/mol. The van der Waals surface area contributed by atoms with Gasteiger partial charge in [-0.2, -0.15) is 0 Å². The first-order chi connectivity index (χ1) is 9.69. The van der Waals surface area contributed by atoms with Gasteiger partial charge >= 0.3 is 0 Å². The molecule has 20 heavy (non-hydrogen) atoms. The second-order valence-corrected chi connectivity index (χ2v) is 4.44. The van der Waals surface area contributed by atoms with Crippen molar-refractivity contribution in [2.24, 2.45) is 0 Å². The number of likely N-dealkylation sites (N-methyl/N-ethyl adjacent to an activating group) is 1. The van der Waals surface area contributed by atoms with E-state index < -0.39 is 0 Å². The molecule has 0 fully saturated rings. The van der Waals surface area contributed by atoms with Crippen LogP contribution in [0.2, 0.25) is 0 Å². The number of aromatic nitrogens is 1. The van der Waals surface area contributed by atoms with Crippen molar-refractivity contribution in [3.8, 4) is 11.3 Å². The number of hydrogen-bond donors (Lipinski definition) is 1. The minimum Gasteiger partial charge on any atom is -0.395 e. The minimum atomic E-state index is -0.167. The van der Waals surface area contributed by atoms with E-state index in [0.717, 1.165) is 5.56 Å². The Morgan fingerprint density at radius 2 is 2.05 bits per heavy atom. The molecule has 0 aliphatic heterocycles. The summed E-state index contributed by atoms with van der Waals surface area (Å²) in [6, 6.07) is 9.45. The third-order valence-electron chi connectivity index (χ3n) is 3.16. The summed E-state index contributed by atoms with van der Waals surface area (Å²) in [5.41, 5.74) is 1.85. The fraction of sp³-hybridized carbons (Fsp3) is 0.333. The summed E-state index contributed by atoms with van der Waals surface area (Å²) in [6.07, 6.45) is 0. The Morgan fingerprint density at radius 3 is 2.65 bits per heavy atom. The lowest BCUT2D eigenvalue weighted by atomic mass is 10.1. The third kappa shape index (κ3) is 2.72. The number of carbonyl (C=O) groups excluding carboxylic acids is 1. The van der Waals surface area contributed by atoms with E-state index in [4.69, 9.17) is 9.63 Å². The maximum Gasteiger partial charge on any atom is 0.259 e. The number of amides is 1. The fourth-order valence-corrected chi connectivity index (χ4v) is 2.10. The maximum absolute atomic E-state index is 12.6. The maximum atomic E-state index is 12.6. The monoisotopic (exact) mass is 274 g/mol. The molecule has 0 radical (unpaired) electrons. The van der Waals surface area contributed by atoms with Crippen LogP contribution < -0.4 is 0 Å². The van der Waals surface area contributed by atoms with Crippen LogP contribution in [0.3, 0.4) is 0 Å². The van der Waals surface area contributed by atoms with Gasteiger partial charge in [-0.1, -0.05) is 35.5 Å². The minimum absolute atomic E-state index is 0.0649. The first kappa shape index (κ1) is 14.3. The predicted molar refractivity (Wildman–Crippen MR) is 75.3 cm³/mol. The number of rotatable bonds is 5. The third-order valence-corrected chi connectivity index (χ3v) is 3.16. The number of aryl methyl sites for hydroxylation is 1.